The Balaban J connectivity index is 2.15. The van der Waals surface area contributed by atoms with E-state index >= 15 is 0 Å². The summed E-state index contributed by atoms with van der Waals surface area (Å²) in [6, 6.07) is 6.72. The van der Waals surface area contributed by atoms with E-state index in [1.807, 2.05) is 0 Å². The van der Waals surface area contributed by atoms with Gasteiger partial charge in [-0.3, -0.25) is 0 Å². The molecule has 0 fully saturated rings. The number of nitrogens with zero attached hydrogens (tertiary/aromatic N) is 1. The molecule has 0 bridgehead atoms. The predicted molar refractivity (Wildman–Crippen MR) is 76.7 cm³/mol. The summed E-state index contributed by atoms with van der Waals surface area (Å²) in [5.41, 5.74) is 7.80. The first-order valence-corrected chi connectivity index (χ1v) is 7.25. The summed E-state index contributed by atoms with van der Waals surface area (Å²) in [6.07, 6.45) is 0.967. The second kappa shape index (κ2) is 4.33. The van der Waals surface area contributed by atoms with Crippen LogP contribution in [0, 0.1) is 5.82 Å². The molecule has 3 rings (SSSR count). The van der Waals surface area contributed by atoms with Gasteiger partial charge in [-0.15, -0.1) is 22.7 Å². The van der Waals surface area contributed by atoms with E-state index in [0.29, 0.717) is 0 Å². The Morgan fingerprint density at radius 1 is 1.28 bits per heavy atom. The lowest BCUT2D eigenvalue weighted by Crippen LogP contribution is -1.81. The Kier molecular flexibility index (Phi) is 2.80. The molecule has 0 spiro atoms. The average molecular weight is 278 g/mol. The molecule has 0 aliphatic carbocycles. The number of halogens is 1. The fourth-order valence-electron chi connectivity index (χ4n) is 1.81. The monoisotopic (exact) mass is 278 g/mol. The third kappa shape index (κ3) is 1.89. The molecule has 0 atom stereocenters. The van der Waals surface area contributed by atoms with Gasteiger partial charge in [0.2, 0.25) is 0 Å². The molecule has 2 N–H and O–H groups in total. The third-order valence-corrected chi connectivity index (χ3v) is 4.90. The molecule has 0 aliphatic heterocycles. The van der Waals surface area contributed by atoms with Crippen LogP contribution in [0.4, 0.5) is 9.39 Å². The van der Waals surface area contributed by atoms with Crippen LogP contribution in [-0.4, -0.2) is 4.98 Å². The lowest BCUT2D eigenvalue weighted by molar-refractivity contribution is 0.630. The molecule has 0 saturated carbocycles. The quantitative estimate of drug-likeness (QED) is 0.758. The standard InChI is InChI=1S/C13H11FN2S2/c1-2-8-6-9(12(15)17-8)13-16-10-4-3-7(14)5-11(10)18-13/h3-6H,2,15H2,1H3. The van der Waals surface area contributed by atoms with Gasteiger partial charge >= 0.3 is 0 Å². The van der Waals surface area contributed by atoms with Crippen molar-refractivity contribution in [3.8, 4) is 10.6 Å². The Hall–Kier alpha value is -1.46. The maximum Gasteiger partial charge on any atom is 0.127 e. The number of fused-ring (bicyclic) bond motifs is 1. The van der Waals surface area contributed by atoms with Crippen molar-refractivity contribution < 1.29 is 4.39 Å². The van der Waals surface area contributed by atoms with Crippen molar-refractivity contribution in [2.24, 2.45) is 0 Å². The van der Waals surface area contributed by atoms with Crippen molar-refractivity contribution in [2.75, 3.05) is 5.73 Å². The summed E-state index contributed by atoms with van der Waals surface area (Å²) in [4.78, 5) is 5.75. The van der Waals surface area contributed by atoms with Crippen LogP contribution in [0.2, 0.25) is 0 Å². The number of thiazole rings is 1. The van der Waals surface area contributed by atoms with Gasteiger partial charge in [0.15, 0.2) is 0 Å². The van der Waals surface area contributed by atoms with Gasteiger partial charge < -0.3 is 5.73 Å². The molecule has 2 heterocycles. The van der Waals surface area contributed by atoms with Crippen molar-refractivity contribution in [3.63, 3.8) is 0 Å². The third-order valence-electron chi connectivity index (χ3n) is 2.74. The number of benzene rings is 1. The van der Waals surface area contributed by atoms with Gasteiger partial charge in [-0.25, -0.2) is 9.37 Å². The topological polar surface area (TPSA) is 38.9 Å². The minimum absolute atomic E-state index is 0.231. The first-order chi connectivity index (χ1) is 8.67. The Labute approximate surface area is 112 Å². The molecule has 18 heavy (non-hydrogen) atoms. The highest BCUT2D eigenvalue weighted by atomic mass is 32.1. The fourth-order valence-corrected chi connectivity index (χ4v) is 3.77. The highest BCUT2D eigenvalue weighted by molar-refractivity contribution is 7.22. The normalized spacial score (nSPS) is 11.2. The molecule has 0 saturated heterocycles. The predicted octanol–water partition coefficient (Wildman–Crippen LogP) is 4.31. The maximum absolute atomic E-state index is 13.1. The van der Waals surface area contributed by atoms with Crippen LogP contribution >= 0.6 is 22.7 Å². The van der Waals surface area contributed by atoms with Crippen LogP contribution in [-0.2, 0) is 6.42 Å². The number of nitrogens with two attached hydrogens (primary N) is 1. The van der Waals surface area contributed by atoms with Crippen molar-refractivity contribution in [1.29, 1.82) is 0 Å². The van der Waals surface area contributed by atoms with Crippen LogP contribution in [0.25, 0.3) is 20.8 Å². The first-order valence-electron chi connectivity index (χ1n) is 5.62. The van der Waals surface area contributed by atoms with Crippen molar-refractivity contribution in [2.45, 2.75) is 13.3 Å². The second-order valence-corrected chi connectivity index (χ2v) is 6.17. The van der Waals surface area contributed by atoms with E-state index < -0.39 is 0 Å². The first kappa shape index (κ1) is 11.6. The summed E-state index contributed by atoms with van der Waals surface area (Å²) in [6.45, 7) is 2.10. The van der Waals surface area contributed by atoms with E-state index in [1.54, 1.807) is 17.4 Å². The summed E-state index contributed by atoms with van der Waals surface area (Å²) in [5, 5.41) is 1.65. The van der Waals surface area contributed by atoms with Gasteiger partial charge in [0.1, 0.15) is 10.8 Å². The van der Waals surface area contributed by atoms with E-state index in [9.17, 15) is 4.39 Å². The maximum atomic E-state index is 13.1. The number of nitrogen functional groups attached to an aromatic ring is 1. The minimum atomic E-state index is -0.231. The van der Waals surface area contributed by atoms with Crippen molar-refractivity contribution in [3.05, 3.63) is 35.0 Å². The summed E-state index contributed by atoms with van der Waals surface area (Å²) in [7, 11) is 0. The van der Waals surface area contributed by atoms with Crippen molar-refractivity contribution >= 4 is 37.9 Å². The van der Waals surface area contributed by atoms with E-state index in [0.717, 1.165) is 32.2 Å². The van der Waals surface area contributed by atoms with Crippen LogP contribution < -0.4 is 5.73 Å². The number of anilines is 1. The van der Waals surface area contributed by atoms with E-state index in [2.05, 4.69) is 18.0 Å². The zero-order chi connectivity index (χ0) is 12.7. The van der Waals surface area contributed by atoms with Gasteiger partial charge in [-0.2, -0.15) is 0 Å². The molecule has 5 heteroatoms. The molecule has 1 aromatic carbocycles. The Bertz CT molecular complexity index is 715. The van der Waals surface area contributed by atoms with Crippen LogP contribution in [0.3, 0.4) is 0 Å². The van der Waals surface area contributed by atoms with Gasteiger partial charge in [0, 0.05) is 10.4 Å². The van der Waals surface area contributed by atoms with E-state index in [-0.39, 0.29) is 5.82 Å². The Morgan fingerprint density at radius 3 is 2.83 bits per heavy atom. The number of hydrogen-bond acceptors (Lipinski definition) is 4. The number of rotatable bonds is 2. The summed E-state index contributed by atoms with van der Waals surface area (Å²) in [5.74, 6) is -0.231. The Morgan fingerprint density at radius 2 is 2.11 bits per heavy atom. The number of hydrogen-bond donors (Lipinski definition) is 1. The van der Waals surface area contributed by atoms with Gasteiger partial charge in [0.05, 0.1) is 15.2 Å². The number of aromatic nitrogens is 1. The molecule has 2 aromatic heterocycles. The molecule has 0 radical (unpaired) electrons. The average Bonchev–Trinajstić information content (AvgIpc) is 2.91. The van der Waals surface area contributed by atoms with E-state index in [4.69, 9.17) is 5.73 Å². The van der Waals surface area contributed by atoms with E-state index in [1.165, 1.54) is 28.3 Å². The van der Waals surface area contributed by atoms with Crippen LogP contribution in [0.15, 0.2) is 24.3 Å². The largest absolute Gasteiger partial charge is 0.390 e. The van der Waals surface area contributed by atoms with Gasteiger partial charge in [-0.1, -0.05) is 6.92 Å². The van der Waals surface area contributed by atoms with Crippen LogP contribution in [0.1, 0.15) is 11.8 Å². The molecule has 0 amide bonds. The fraction of sp³-hybridized carbons (Fsp3) is 0.154. The minimum Gasteiger partial charge on any atom is -0.390 e. The lowest BCUT2D eigenvalue weighted by atomic mass is 10.2. The van der Waals surface area contributed by atoms with Crippen molar-refractivity contribution in [1.82, 2.24) is 4.98 Å². The zero-order valence-electron chi connectivity index (χ0n) is 9.74. The molecule has 0 aliphatic rings. The molecule has 2 nitrogen and oxygen atoms in total. The highest BCUT2D eigenvalue weighted by Crippen LogP contribution is 2.38. The number of thiophene rings is 1. The molecule has 92 valence electrons. The molecule has 3 aromatic rings. The lowest BCUT2D eigenvalue weighted by Gasteiger charge is -1.90. The van der Waals surface area contributed by atoms with Gasteiger partial charge in [-0.05, 0) is 30.7 Å². The SMILES string of the molecule is CCc1cc(-c2nc3ccc(F)cc3s2)c(N)s1. The summed E-state index contributed by atoms with van der Waals surface area (Å²) >= 11 is 3.07. The highest BCUT2D eigenvalue weighted by Gasteiger charge is 2.12. The molecular formula is C13H11FN2S2. The van der Waals surface area contributed by atoms with Gasteiger partial charge in [0.25, 0.3) is 0 Å². The summed E-state index contributed by atoms with van der Waals surface area (Å²) < 4.78 is 14.0. The molecule has 0 unspecified atom stereocenters. The second-order valence-electron chi connectivity index (χ2n) is 3.98. The zero-order valence-corrected chi connectivity index (χ0v) is 11.4. The molecular weight excluding hydrogens is 267 g/mol. The number of aryl methyl sites for hydroxylation is 1. The van der Waals surface area contributed by atoms with Crippen LogP contribution in [0.5, 0.6) is 0 Å². The smallest absolute Gasteiger partial charge is 0.127 e.